The van der Waals surface area contributed by atoms with Crippen molar-refractivity contribution in [3.63, 3.8) is 0 Å². The number of methoxy groups -OCH3 is 1. The Balaban J connectivity index is 1.39. The van der Waals surface area contributed by atoms with E-state index in [1.165, 1.54) is 4.90 Å². The maximum absolute atomic E-state index is 13.6. The molecule has 30 heavy (non-hydrogen) atoms. The number of amides is 1. The van der Waals surface area contributed by atoms with Crippen molar-refractivity contribution >= 4 is 23.5 Å². The molecule has 1 heterocycles. The van der Waals surface area contributed by atoms with Gasteiger partial charge in [0.25, 0.3) is 0 Å². The lowest BCUT2D eigenvalue weighted by Gasteiger charge is -2.45. The van der Waals surface area contributed by atoms with E-state index in [2.05, 4.69) is 31.2 Å². The first kappa shape index (κ1) is 19.8. The van der Waals surface area contributed by atoms with E-state index < -0.39 is 11.6 Å². The molecule has 2 saturated carbocycles. The number of carbonyl (C=O) groups excluding carboxylic acids is 2. The summed E-state index contributed by atoms with van der Waals surface area (Å²) in [6, 6.07) is 20.1. The summed E-state index contributed by atoms with van der Waals surface area (Å²) in [5.41, 5.74) is 0.277. The van der Waals surface area contributed by atoms with Gasteiger partial charge in [-0.1, -0.05) is 55.5 Å². The molecule has 2 aromatic rings. The number of likely N-dealkylation sites (tertiary alicyclic amines) is 1. The van der Waals surface area contributed by atoms with Crippen molar-refractivity contribution in [1.82, 2.24) is 4.90 Å². The fraction of sp³-hybridized carbons (Fsp3) is 0.440. The molecule has 2 aliphatic carbocycles. The van der Waals surface area contributed by atoms with Gasteiger partial charge in [0.05, 0.1) is 5.92 Å². The minimum atomic E-state index is -0.873. The largest absolute Gasteiger partial charge is 0.369 e. The van der Waals surface area contributed by atoms with Crippen LogP contribution >= 0.6 is 11.8 Å². The number of piperidine rings is 1. The molecular weight excluding hydrogens is 394 g/mol. The molecule has 0 N–H and O–H groups in total. The van der Waals surface area contributed by atoms with E-state index in [0.29, 0.717) is 6.54 Å². The molecule has 3 fully saturated rings. The first-order valence-electron chi connectivity index (χ1n) is 10.7. The first-order valence-corrected chi connectivity index (χ1v) is 11.7. The van der Waals surface area contributed by atoms with Gasteiger partial charge in [-0.15, -0.1) is 11.8 Å². The Morgan fingerprint density at radius 2 is 1.70 bits per heavy atom. The van der Waals surface area contributed by atoms with E-state index in [0.717, 1.165) is 17.7 Å². The molecule has 1 aliphatic heterocycles. The van der Waals surface area contributed by atoms with Gasteiger partial charge in [0.15, 0.2) is 5.78 Å². The average molecular weight is 422 g/mol. The highest BCUT2D eigenvalue weighted by atomic mass is 32.2. The van der Waals surface area contributed by atoms with E-state index >= 15 is 0 Å². The molecule has 2 bridgehead atoms. The Morgan fingerprint density at radius 1 is 1.03 bits per heavy atom. The summed E-state index contributed by atoms with van der Waals surface area (Å²) < 4.78 is 5.75. The number of fused-ring (bicyclic) bond motifs is 2. The van der Waals surface area contributed by atoms with Gasteiger partial charge in [0.2, 0.25) is 5.91 Å². The molecule has 2 aromatic carbocycles. The third-order valence-corrected chi connectivity index (χ3v) is 8.39. The maximum Gasteiger partial charge on any atom is 0.230 e. The summed E-state index contributed by atoms with van der Waals surface area (Å²) in [5.74, 6) is 1.09. The summed E-state index contributed by atoms with van der Waals surface area (Å²) in [4.78, 5) is 30.1. The number of carbonyl (C=O) groups is 2. The average Bonchev–Trinajstić information content (AvgIpc) is 3.50. The number of hydrogen-bond donors (Lipinski definition) is 0. The van der Waals surface area contributed by atoms with Crippen LogP contribution in [0.25, 0.3) is 0 Å². The number of Topliss-reactive ketones (excluding diaryl/α,β-unsaturated/α-hetero) is 1. The predicted molar refractivity (Wildman–Crippen MR) is 117 cm³/mol. The van der Waals surface area contributed by atoms with Crippen LogP contribution in [0.2, 0.25) is 0 Å². The number of benzene rings is 2. The summed E-state index contributed by atoms with van der Waals surface area (Å²) in [6.07, 6.45) is 0.863. The lowest BCUT2D eigenvalue weighted by molar-refractivity contribution is -0.159. The fourth-order valence-electron chi connectivity index (χ4n) is 6.01. The molecule has 0 aromatic heterocycles. The van der Waals surface area contributed by atoms with Crippen molar-refractivity contribution in [1.29, 1.82) is 0 Å². The first-order chi connectivity index (χ1) is 14.6. The predicted octanol–water partition coefficient (Wildman–Crippen LogP) is 4.01. The molecule has 0 spiro atoms. The Bertz CT molecular complexity index is 949. The van der Waals surface area contributed by atoms with Crippen LogP contribution in [0.1, 0.15) is 24.8 Å². The minimum Gasteiger partial charge on any atom is -0.369 e. The van der Waals surface area contributed by atoms with Crippen molar-refractivity contribution in [2.75, 3.05) is 19.4 Å². The zero-order valence-electron chi connectivity index (χ0n) is 17.4. The highest BCUT2D eigenvalue weighted by Crippen LogP contribution is 2.68. The molecule has 156 valence electrons. The highest BCUT2D eigenvalue weighted by Gasteiger charge is 2.83. The van der Waals surface area contributed by atoms with Crippen LogP contribution in [0.4, 0.5) is 0 Å². The molecule has 6 atom stereocenters. The number of nitrogens with zero attached hydrogens (tertiary/aromatic N) is 1. The van der Waals surface area contributed by atoms with Crippen molar-refractivity contribution in [2.24, 2.45) is 17.8 Å². The number of rotatable bonds is 7. The van der Waals surface area contributed by atoms with Gasteiger partial charge in [-0.2, -0.15) is 0 Å². The van der Waals surface area contributed by atoms with Crippen LogP contribution in [0, 0.1) is 17.8 Å². The van der Waals surface area contributed by atoms with Gasteiger partial charge in [-0.25, -0.2) is 0 Å². The molecule has 3 aliphatic rings. The quantitative estimate of drug-likeness (QED) is 0.501. The molecule has 5 heteroatoms. The van der Waals surface area contributed by atoms with Crippen LogP contribution < -0.4 is 0 Å². The lowest BCUT2D eigenvalue weighted by atomic mass is 9.70. The van der Waals surface area contributed by atoms with Crippen LogP contribution in [-0.4, -0.2) is 47.6 Å². The summed E-state index contributed by atoms with van der Waals surface area (Å²) >= 11 is 1.80. The zero-order valence-corrected chi connectivity index (χ0v) is 18.2. The van der Waals surface area contributed by atoms with E-state index in [9.17, 15) is 9.59 Å². The SMILES string of the molecule is CO[C@]12C(=O)[C@H]3[C@@H](c4ccccc4)[C@H](C)[C@H]1[C@@H]2C(=O)N3CCCSc1ccccc1. The smallest absolute Gasteiger partial charge is 0.230 e. The highest BCUT2D eigenvalue weighted by molar-refractivity contribution is 7.99. The van der Waals surface area contributed by atoms with Crippen LogP contribution in [0.15, 0.2) is 65.6 Å². The summed E-state index contributed by atoms with van der Waals surface area (Å²) in [5, 5.41) is 0. The van der Waals surface area contributed by atoms with Crippen molar-refractivity contribution in [2.45, 2.75) is 35.8 Å². The summed E-state index contributed by atoms with van der Waals surface area (Å²) in [6.45, 7) is 2.81. The second-order valence-corrected chi connectivity index (χ2v) is 9.82. The van der Waals surface area contributed by atoms with Crippen LogP contribution in [0.5, 0.6) is 0 Å². The van der Waals surface area contributed by atoms with Crippen molar-refractivity contribution in [3.05, 3.63) is 66.2 Å². The number of thioether (sulfide) groups is 1. The van der Waals surface area contributed by atoms with Gasteiger partial charge < -0.3 is 9.64 Å². The van der Waals surface area contributed by atoms with Crippen molar-refractivity contribution < 1.29 is 14.3 Å². The second-order valence-electron chi connectivity index (χ2n) is 8.65. The molecule has 0 radical (unpaired) electrons. The monoisotopic (exact) mass is 421 g/mol. The zero-order chi connectivity index (χ0) is 20.9. The van der Waals surface area contributed by atoms with Gasteiger partial charge in [-0.05, 0) is 35.8 Å². The third kappa shape index (κ3) is 2.78. The fourth-order valence-corrected chi connectivity index (χ4v) is 6.87. The van der Waals surface area contributed by atoms with Gasteiger partial charge in [-0.3, -0.25) is 9.59 Å². The van der Waals surface area contributed by atoms with E-state index in [-0.39, 0.29) is 35.4 Å². The molecule has 1 amide bonds. The lowest BCUT2D eigenvalue weighted by Crippen LogP contribution is -2.61. The Morgan fingerprint density at radius 3 is 2.37 bits per heavy atom. The molecule has 0 unspecified atom stereocenters. The van der Waals surface area contributed by atoms with Gasteiger partial charge in [0, 0.05) is 30.4 Å². The van der Waals surface area contributed by atoms with E-state index in [4.69, 9.17) is 4.74 Å². The molecule has 4 nitrogen and oxygen atoms in total. The third-order valence-electron chi connectivity index (χ3n) is 7.30. The number of ether oxygens (including phenoxy) is 1. The van der Waals surface area contributed by atoms with Gasteiger partial charge in [0.1, 0.15) is 11.6 Å². The van der Waals surface area contributed by atoms with Gasteiger partial charge >= 0.3 is 0 Å². The molecule has 1 saturated heterocycles. The Hall–Kier alpha value is -2.11. The second kappa shape index (κ2) is 7.54. The molecular formula is C25H27NO3S. The number of ketones is 1. The van der Waals surface area contributed by atoms with E-state index in [1.807, 2.05) is 41.3 Å². The minimum absolute atomic E-state index is 0.00681. The topological polar surface area (TPSA) is 46.6 Å². The van der Waals surface area contributed by atoms with Crippen molar-refractivity contribution in [3.8, 4) is 0 Å². The van der Waals surface area contributed by atoms with Crippen LogP contribution in [0.3, 0.4) is 0 Å². The normalized spacial score (nSPS) is 34.2. The Kier molecular flexibility index (Phi) is 4.98. The number of hydrogen-bond acceptors (Lipinski definition) is 4. The maximum atomic E-state index is 13.6. The van der Waals surface area contributed by atoms with E-state index in [1.54, 1.807) is 18.9 Å². The molecule has 5 rings (SSSR count). The summed E-state index contributed by atoms with van der Waals surface area (Å²) in [7, 11) is 1.59. The Labute approximate surface area is 182 Å². The standard InChI is InChI=1S/C25H27NO3S/c1-16-19(17-10-5-3-6-11-17)22-23(27)25(29-2)20(16)21(25)24(28)26(22)14-9-15-30-18-12-7-4-8-13-18/h3-8,10-13,16,19-22H,9,14-15H2,1-2H3/t16-,19+,20-,21+,22+,25+/m0/s1. The van der Waals surface area contributed by atoms with Crippen LogP contribution in [-0.2, 0) is 14.3 Å².